The summed E-state index contributed by atoms with van der Waals surface area (Å²) in [6, 6.07) is 0. The Balaban J connectivity index is 1.59. The molecule has 0 bridgehead atoms. The summed E-state index contributed by atoms with van der Waals surface area (Å²) in [5, 5.41) is 10.7. The van der Waals surface area contributed by atoms with Crippen LogP contribution in [0.3, 0.4) is 0 Å². The van der Waals surface area contributed by atoms with Gasteiger partial charge in [-0.1, -0.05) is 66.0 Å². The highest BCUT2D eigenvalue weighted by Gasteiger charge is 2.60. The van der Waals surface area contributed by atoms with Crippen LogP contribution in [0.25, 0.3) is 0 Å². The molecule has 0 unspecified atom stereocenters. The maximum absolute atomic E-state index is 10.7. The van der Waals surface area contributed by atoms with Crippen LogP contribution in [0, 0.1) is 52.3 Å². The average molecular weight is 401 g/mol. The monoisotopic (exact) mass is 400 g/mol. The normalized spacial score (nSPS) is 50.5. The van der Waals surface area contributed by atoms with Gasteiger partial charge in [-0.3, -0.25) is 0 Å². The summed E-state index contributed by atoms with van der Waals surface area (Å²) in [7, 11) is 0. The van der Waals surface area contributed by atoms with Crippen molar-refractivity contribution >= 4 is 0 Å². The largest absolute Gasteiger partial charge is 0.390 e. The fraction of sp³-hybridized carbons (Fsp3) is 0.929. The van der Waals surface area contributed by atoms with Crippen molar-refractivity contribution in [3.63, 3.8) is 0 Å². The van der Waals surface area contributed by atoms with Crippen LogP contribution in [-0.4, -0.2) is 10.7 Å². The van der Waals surface area contributed by atoms with Crippen molar-refractivity contribution in [2.24, 2.45) is 52.3 Å². The van der Waals surface area contributed by atoms with Gasteiger partial charge >= 0.3 is 0 Å². The molecule has 0 heterocycles. The van der Waals surface area contributed by atoms with Crippen LogP contribution in [-0.2, 0) is 0 Å². The van der Waals surface area contributed by atoms with Crippen molar-refractivity contribution in [1.82, 2.24) is 0 Å². The summed E-state index contributed by atoms with van der Waals surface area (Å²) in [4.78, 5) is 0. The van der Waals surface area contributed by atoms with E-state index < -0.39 is 5.60 Å². The highest BCUT2D eigenvalue weighted by Crippen LogP contribution is 2.68. The molecule has 0 amide bonds. The van der Waals surface area contributed by atoms with E-state index in [9.17, 15) is 5.11 Å². The molecule has 0 aromatic carbocycles. The van der Waals surface area contributed by atoms with Crippen molar-refractivity contribution in [3.05, 3.63) is 11.6 Å². The smallest absolute Gasteiger partial charge is 0.0657 e. The quantitative estimate of drug-likeness (QED) is 0.481. The average Bonchev–Trinajstić information content (AvgIpc) is 2.98. The SMILES string of the molecule is CC(C)CC[C@@H](C)[C@H]1CC[C@H]2[C@@H]3[C@@H](C)C=C4C[C@@](C)(O)CC[C@]4(C)[C@H]3CC[C@]12C. The Kier molecular flexibility index (Phi) is 5.58. The first-order valence-electron chi connectivity index (χ1n) is 12.9. The molecular formula is C28H48O. The maximum atomic E-state index is 10.7. The van der Waals surface area contributed by atoms with Crippen LogP contribution in [0.15, 0.2) is 11.6 Å². The molecule has 166 valence electrons. The van der Waals surface area contributed by atoms with E-state index in [2.05, 4.69) is 54.5 Å². The van der Waals surface area contributed by atoms with Gasteiger partial charge in [-0.2, -0.15) is 0 Å². The molecule has 29 heavy (non-hydrogen) atoms. The molecule has 0 spiro atoms. The topological polar surface area (TPSA) is 20.2 Å². The molecular weight excluding hydrogens is 352 g/mol. The van der Waals surface area contributed by atoms with Crippen LogP contribution >= 0.6 is 0 Å². The zero-order valence-corrected chi connectivity index (χ0v) is 20.4. The molecule has 4 aliphatic carbocycles. The maximum Gasteiger partial charge on any atom is 0.0657 e. The summed E-state index contributed by atoms with van der Waals surface area (Å²) in [6.07, 6.45) is 14.3. The van der Waals surface area contributed by atoms with Gasteiger partial charge in [-0.15, -0.1) is 0 Å². The van der Waals surface area contributed by atoms with Gasteiger partial charge in [0.05, 0.1) is 5.60 Å². The van der Waals surface area contributed by atoms with Crippen LogP contribution in [0.4, 0.5) is 0 Å². The van der Waals surface area contributed by atoms with Gasteiger partial charge in [0.15, 0.2) is 0 Å². The highest BCUT2D eigenvalue weighted by molar-refractivity contribution is 5.28. The number of fused-ring (bicyclic) bond motifs is 5. The predicted molar refractivity (Wildman–Crippen MR) is 124 cm³/mol. The number of allylic oxidation sites excluding steroid dienone is 1. The molecule has 3 fully saturated rings. The summed E-state index contributed by atoms with van der Waals surface area (Å²) in [6.45, 7) is 17.2. The van der Waals surface area contributed by atoms with E-state index in [1.165, 1.54) is 44.9 Å². The molecule has 3 saturated carbocycles. The predicted octanol–water partition coefficient (Wildman–Crippen LogP) is 7.63. The Hall–Kier alpha value is -0.300. The van der Waals surface area contributed by atoms with Gasteiger partial charge in [0.1, 0.15) is 0 Å². The number of hydrogen-bond donors (Lipinski definition) is 1. The molecule has 1 heteroatoms. The van der Waals surface area contributed by atoms with Crippen LogP contribution in [0.5, 0.6) is 0 Å². The Bertz CT molecular complexity index is 645. The van der Waals surface area contributed by atoms with Gasteiger partial charge in [-0.05, 0) is 104 Å². The van der Waals surface area contributed by atoms with Crippen molar-refractivity contribution in [2.45, 2.75) is 112 Å². The van der Waals surface area contributed by atoms with E-state index in [4.69, 9.17) is 0 Å². The van der Waals surface area contributed by atoms with E-state index in [1.807, 2.05) is 0 Å². The number of hydrogen-bond acceptors (Lipinski definition) is 1. The minimum Gasteiger partial charge on any atom is -0.390 e. The second-order valence-corrected chi connectivity index (χ2v) is 13.1. The molecule has 4 aliphatic rings. The van der Waals surface area contributed by atoms with Gasteiger partial charge in [0.25, 0.3) is 0 Å². The first kappa shape index (κ1) is 21.9. The van der Waals surface area contributed by atoms with Crippen molar-refractivity contribution in [3.8, 4) is 0 Å². The van der Waals surface area contributed by atoms with Crippen molar-refractivity contribution < 1.29 is 5.11 Å². The minimum atomic E-state index is -0.481. The van der Waals surface area contributed by atoms with E-state index in [-0.39, 0.29) is 0 Å². The lowest BCUT2D eigenvalue weighted by Gasteiger charge is -2.60. The van der Waals surface area contributed by atoms with Gasteiger partial charge in [0, 0.05) is 0 Å². The first-order valence-corrected chi connectivity index (χ1v) is 12.9. The Morgan fingerprint density at radius 2 is 1.69 bits per heavy atom. The van der Waals surface area contributed by atoms with E-state index in [0.29, 0.717) is 16.7 Å². The van der Waals surface area contributed by atoms with E-state index in [1.54, 1.807) is 5.57 Å². The molecule has 0 radical (unpaired) electrons. The second kappa shape index (κ2) is 7.39. The molecule has 9 atom stereocenters. The molecule has 0 aromatic rings. The third-order valence-electron chi connectivity index (χ3n) is 10.7. The Morgan fingerprint density at radius 1 is 0.966 bits per heavy atom. The number of rotatable bonds is 4. The molecule has 1 N–H and O–H groups in total. The minimum absolute atomic E-state index is 0.349. The summed E-state index contributed by atoms with van der Waals surface area (Å²) in [5.41, 5.74) is 2.03. The standard InChI is InChI=1S/C28H48O/c1-18(2)8-9-19(3)22-10-11-23-25-20(4)16-21-17-26(5,29)14-15-27(21,6)24(25)12-13-28(22,23)7/h16,18-20,22-25,29H,8-15,17H2,1-7H3/t19-,20+,22-,23+,24+,25+,26+,27+,28-/m1/s1. The lowest BCUT2D eigenvalue weighted by Crippen LogP contribution is -2.54. The number of aliphatic hydroxyl groups is 1. The van der Waals surface area contributed by atoms with Crippen molar-refractivity contribution in [1.29, 1.82) is 0 Å². The fourth-order valence-corrected chi connectivity index (χ4v) is 8.94. The van der Waals surface area contributed by atoms with E-state index in [0.717, 1.165) is 48.3 Å². The molecule has 0 aromatic heterocycles. The zero-order valence-electron chi connectivity index (χ0n) is 20.4. The van der Waals surface area contributed by atoms with Gasteiger partial charge in [-0.25, -0.2) is 0 Å². The van der Waals surface area contributed by atoms with Crippen LogP contribution in [0.2, 0.25) is 0 Å². The third kappa shape index (κ3) is 3.56. The van der Waals surface area contributed by atoms with Crippen LogP contribution < -0.4 is 0 Å². The van der Waals surface area contributed by atoms with Gasteiger partial charge < -0.3 is 5.11 Å². The molecule has 4 rings (SSSR count). The fourth-order valence-electron chi connectivity index (χ4n) is 8.94. The van der Waals surface area contributed by atoms with E-state index >= 15 is 0 Å². The van der Waals surface area contributed by atoms with Gasteiger partial charge in [0.2, 0.25) is 0 Å². The Labute approximate surface area is 181 Å². The first-order chi connectivity index (χ1) is 13.5. The summed E-state index contributed by atoms with van der Waals surface area (Å²) < 4.78 is 0. The summed E-state index contributed by atoms with van der Waals surface area (Å²) >= 11 is 0. The lowest BCUT2D eigenvalue weighted by molar-refractivity contribution is -0.0841. The molecule has 0 aliphatic heterocycles. The third-order valence-corrected chi connectivity index (χ3v) is 10.7. The Morgan fingerprint density at radius 3 is 2.38 bits per heavy atom. The van der Waals surface area contributed by atoms with Crippen molar-refractivity contribution in [2.75, 3.05) is 0 Å². The second-order valence-electron chi connectivity index (χ2n) is 13.1. The summed E-state index contributed by atoms with van der Waals surface area (Å²) in [5.74, 6) is 5.97. The highest BCUT2D eigenvalue weighted by atomic mass is 16.3. The zero-order chi connectivity index (χ0) is 21.2. The van der Waals surface area contributed by atoms with Crippen LogP contribution in [0.1, 0.15) is 106 Å². The lowest BCUT2D eigenvalue weighted by atomic mass is 9.44. The molecule has 0 saturated heterocycles. The molecule has 1 nitrogen and oxygen atoms in total.